The molecule has 0 spiro atoms. The van der Waals surface area contributed by atoms with Crippen LogP contribution in [-0.4, -0.2) is 44.1 Å². The molecule has 2 rings (SSSR count). The molecule has 1 saturated heterocycles. The van der Waals surface area contributed by atoms with Gasteiger partial charge in [-0.3, -0.25) is 14.5 Å². The molecule has 0 radical (unpaired) electrons. The predicted octanol–water partition coefficient (Wildman–Crippen LogP) is 1.09. The van der Waals surface area contributed by atoms with Crippen molar-refractivity contribution in [2.75, 3.05) is 20.1 Å². The molecule has 0 N–H and O–H groups in total. The van der Waals surface area contributed by atoms with Crippen molar-refractivity contribution in [1.29, 1.82) is 0 Å². The lowest BCUT2D eigenvalue weighted by atomic mass is 9.77. The fourth-order valence-electron chi connectivity index (χ4n) is 1.86. The highest BCUT2D eigenvalue weighted by molar-refractivity contribution is 6.67. The maximum Gasteiger partial charge on any atom is 0.638 e. The Morgan fingerprint density at radius 2 is 1.73 bits per heavy atom. The van der Waals surface area contributed by atoms with Gasteiger partial charge in [0.15, 0.2) is 0 Å². The number of benzene rings is 1. The molecule has 10 heteroatoms. The van der Waals surface area contributed by atoms with E-state index in [1.807, 2.05) is 0 Å². The van der Waals surface area contributed by atoms with E-state index in [2.05, 4.69) is 0 Å². The molecule has 0 saturated carbocycles. The number of hydrogen-bond acceptors (Lipinski definition) is 5. The van der Waals surface area contributed by atoms with E-state index >= 15 is 0 Å². The van der Waals surface area contributed by atoms with Gasteiger partial charge >= 0.3 is 25.2 Å². The van der Waals surface area contributed by atoms with Gasteiger partial charge in [-0.05, 0) is 25.2 Å². The van der Waals surface area contributed by atoms with Crippen molar-refractivity contribution in [3.8, 4) is 0 Å². The van der Waals surface area contributed by atoms with Crippen LogP contribution >= 0.6 is 11.6 Å². The summed E-state index contributed by atoms with van der Waals surface area (Å²) in [4.78, 5) is 24.6. The average molecular weight is 335 g/mol. The van der Waals surface area contributed by atoms with Crippen molar-refractivity contribution in [3.05, 3.63) is 28.8 Å². The molecule has 1 aliphatic heterocycles. The summed E-state index contributed by atoms with van der Waals surface area (Å²) in [7, 11) is -0.108. The number of halogens is 4. The van der Waals surface area contributed by atoms with Gasteiger partial charge in [0.2, 0.25) is 0 Å². The molecule has 1 fully saturated rings. The third-order valence-electron chi connectivity index (χ3n) is 2.85. The molecule has 118 valence electrons. The van der Waals surface area contributed by atoms with E-state index in [1.165, 1.54) is 11.9 Å². The first-order valence-corrected chi connectivity index (χ1v) is 6.49. The van der Waals surface area contributed by atoms with Crippen molar-refractivity contribution >= 4 is 36.1 Å². The SMILES string of the molecule is CN1CC(=O)OB(c2cc(C(F)(F)F)ccc2Cl)OC(=O)C1. The number of carbonyl (C=O) groups is 2. The van der Waals surface area contributed by atoms with E-state index in [0.717, 1.165) is 12.1 Å². The highest BCUT2D eigenvalue weighted by Gasteiger charge is 2.38. The smallest absolute Gasteiger partial charge is 0.494 e. The quantitative estimate of drug-likeness (QED) is 0.719. The normalized spacial score (nSPS) is 17.6. The second-order valence-electron chi connectivity index (χ2n) is 4.72. The van der Waals surface area contributed by atoms with E-state index < -0.39 is 30.8 Å². The van der Waals surface area contributed by atoms with E-state index in [1.54, 1.807) is 0 Å². The van der Waals surface area contributed by atoms with Crippen LogP contribution in [0.4, 0.5) is 13.2 Å². The number of rotatable bonds is 1. The summed E-state index contributed by atoms with van der Waals surface area (Å²) in [5.41, 5.74) is -1.22. The fourth-order valence-corrected chi connectivity index (χ4v) is 2.07. The van der Waals surface area contributed by atoms with Gasteiger partial charge in [-0.1, -0.05) is 11.6 Å². The Morgan fingerprint density at radius 3 is 2.23 bits per heavy atom. The summed E-state index contributed by atoms with van der Waals surface area (Å²) >= 11 is 5.84. The largest absolute Gasteiger partial charge is 0.638 e. The van der Waals surface area contributed by atoms with E-state index in [0.29, 0.717) is 6.07 Å². The van der Waals surface area contributed by atoms with E-state index in [4.69, 9.17) is 20.9 Å². The number of carbonyl (C=O) groups excluding carboxylic acids is 2. The second kappa shape index (κ2) is 6.17. The third kappa shape index (κ3) is 3.92. The lowest BCUT2D eigenvalue weighted by Crippen LogP contribution is -2.48. The van der Waals surface area contributed by atoms with Crippen LogP contribution in [0.5, 0.6) is 0 Å². The molecule has 1 aliphatic rings. The minimum atomic E-state index is -4.60. The molecule has 0 bridgehead atoms. The standard InChI is InChI=1S/C12H10BClF3NO4/c1-18-5-10(19)21-13(22-11(20)6-18)8-4-7(12(15,16)17)2-3-9(8)14/h2-4H,5-6H2,1H3. The molecule has 0 unspecified atom stereocenters. The Bertz CT molecular complexity index is 591. The summed E-state index contributed by atoms with van der Waals surface area (Å²) in [5, 5.41) is -0.104. The maximum atomic E-state index is 12.8. The van der Waals surface area contributed by atoms with Gasteiger partial charge in [-0.2, -0.15) is 13.2 Å². The fraction of sp³-hybridized carbons (Fsp3) is 0.333. The Morgan fingerprint density at radius 1 is 1.18 bits per heavy atom. The van der Waals surface area contributed by atoms with Crippen LogP contribution in [0.15, 0.2) is 18.2 Å². The molecule has 0 aromatic heterocycles. The van der Waals surface area contributed by atoms with E-state index in [9.17, 15) is 22.8 Å². The molecule has 1 aromatic carbocycles. The lowest BCUT2D eigenvalue weighted by Gasteiger charge is -2.23. The first kappa shape index (κ1) is 16.6. The molecular weight excluding hydrogens is 325 g/mol. The predicted molar refractivity (Wildman–Crippen MR) is 71.5 cm³/mol. The topological polar surface area (TPSA) is 55.8 Å². The zero-order chi connectivity index (χ0) is 16.5. The molecular formula is C12H10BClF3NO4. The number of hydrogen-bond donors (Lipinski definition) is 0. The lowest BCUT2D eigenvalue weighted by molar-refractivity contribution is -0.145. The number of nitrogens with zero attached hydrogens (tertiary/aromatic N) is 1. The van der Waals surface area contributed by atoms with Gasteiger partial charge in [-0.25, -0.2) is 0 Å². The van der Waals surface area contributed by atoms with Crippen LogP contribution in [0.25, 0.3) is 0 Å². The van der Waals surface area contributed by atoms with Gasteiger partial charge in [-0.15, -0.1) is 0 Å². The number of likely N-dealkylation sites (N-methyl/N-ethyl adjacent to an activating group) is 1. The summed E-state index contributed by atoms with van der Waals surface area (Å²) in [6.45, 7) is -0.385. The molecule has 1 heterocycles. The zero-order valence-electron chi connectivity index (χ0n) is 11.3. The average Bonchev–Trinajstić information content (AvgIpc) is 2.34. The first-order valence-electron chi connectivity index (χ1n) is 6.11. The van der Waals surface area contributed by atoms with E-state index in [-0.39, 0.29) is 23.6 Å². The highest BCUT2D eigenvalue weighted by atomic mass is 35.5. The monoisotopic (exact) mass is 335 g/mol. The first-order chi connectivity index (χ1) is 10.2. The van der Waals surface area contributed by atoms with Gasteiger partial charge in [0, 0.05) is 10.5 Å². The summed E-state index contributed by atoms with van der Waals surface area (Å²) in [6, 6.07) is 2.48. The van der Waals surface area contributed by atoms with Crippen molar-refractivity contribution in [2.45, 2.75) is 6.18 Å². The van der Waals surface area contributed by atoms with Gasteiger partial charge in [0.1, 0.15) is 0 Å². The molecule has 0 atom stereocenters. The van der Waals surface area contributed by atoms with Crippen LogP contribution in [0, 0.1) is 0 Å². The van der Waals surface area contributed by atoms with Crippen molar-refractivity contribution in [2.24, 2.45) is 0 Å². The zero-order valence-corrected chi connectivity index (χ0v) is 12.1. The Labute approximate surface area is 129 Å². The van der Waals surface area contributed by atoms with Crippen molar-refractivity contribution in [3.63, 3.8) is 0 Å². The summed E-state index contributed by atoms with van der Waals surface area (Å²) in [5.74, 6) is -1.48. The van der Waals surface area contributed by atoms with Crippen molar-refractivity contribution in [1.82, 2.24) is 4.90 Å². The second-order valence-corrected chi connectivity index (χ2v) is 5.13. The van der Waals surface area contributed by atoms with Crippen LogP contribution in [0.1, 0.15) is 5.56 Å². The molecule has 0 amide bonds. The van der Waals surface area contributed by atoms with Gasteiger partial charge in [0.25, 0.3) is 0 Å². The molecule has 22 heavy (non-hydrogen) atoms. The minimum Gasteiger partial charge on any atom is -0.494 e. The molecule has 0 aliphatic carbocycles. The Hall–Kier alpha value is -1.74. The molecule has 1 aromatic rings. The Kier molecular flexibility index (Phi) is 4.67. The van der Waals surface area contributed by atoms with Crippen LogP contribution in [0.3, 0.4) is 0 Å². The third-order valence-corrected chi connectivity index (χ3v) is 3.20. The van der Waals surface area contributed by atoms with Crippen LogP contribution < -0.4 is 5.46 Å². The summed E-state index contributed by atoms with van der Waals surface area (Å²) < 4.78 is 48.0. The minimum absolute atomic E-state index is 0.104. The van der Waals surface area contributed by atoms with Crippen LogP contribution in [-0.2, 0) is 25.1 Å². The van der Waals surface area contributed by atoms with Crippen LogP contribution in [0.2, 0.25) is 5.02 Å². The van der Waals surface area contributed by atoms with Crippen molar-refractivity contribution < 1.29 is 32.1 Å². The molecule has 5 nitrogen and oxygen atoms in total. The number of alkyl halides is 3. The Balaban J connectivity index is 2.36. The van der Waals surface area contributed by atoms with Gasteiger partial charge < -0.3 is 9.31 Å². The summed E-state index contributed by atoms with van der Waals surface area (Å²) in [6.07, 6.45) is -4.60. The van der Waals surface area contributed by atoms with Gasteiger partial charge in [0.05, 0.1) is 18.7 Å². The maximum absolute atomic E-state index is 12.8. The highest BCUT2D eigenvalue weighted by Crippen LogP contribution is 2.29.